The van der Waals surface area contributed by atoms with Crippen molar-refractivity contribution in [1.82, 2.24) is 13.6 Å². The average Bonchev–Trinajstić information content (AvgIpc) is 3.25. The number of aromatic nitrogens is 1. The van der Waals surface area contributed by atoms with Crippen LogP contribution in [0.25, 0.3) is 0 Å². The second-order valence-electron chi connectivity index (χ2n) is 8.22. The van der Waals surface area contributed by atoms with Crippen molar-refractivity contribution in [3.63, 3.8) is 0 Å². The second kappa shape index (κ2) is 8.42. The second-order valence-corrected chi connectivity index (χ2v) is 10.2. The van der Waals surface area contributed by atoms with E-state index in [4.69, 9.17) is 4.98 Å². The van der Waals surface area contributed by atoms with Crippen molar-refractivity contribution in [2.75, 3.05) is 31.5 Å². The first kappa shape index (κ1) is 20.3. The standard InChI is InChI=1S/C22H30N4O2S/c1-17-7-9-20(10-8-17)24-21-14-18(2)23-22(15-21)19-6-5-13-26(16-19)29(27,28)25-11-3-4-12-25/h7-10,14-15,19H,3-6,11-13,16H2,1-2H3,(H,23,24). The van der Waals surface area contributed by atoms with Gasteiger partial charge in [0.1, 0.15) is 0 Å². The summed E-state index contributed by atoms with van der Waals surface area (Å²) in [4.78, 5) is 4.75. The Kier molecular flexibility index (Phi) is 5.90. The van der Waals surface area contributed by atoms with Gasteiger partial charge in [-0.1, -0.05) is 17.7 Å². The summed E-state index contributed by atoms with van der Waals surface area (Å²) in [7, 11) is -3.35. The largest absolute Gasteiger partial charge is 0.355 e. The third kappa shape index (κ3) is 4.63. The van der Waals surface area contributed by atoms with Gasteiger partial charge in [-0.25, -0.2) is 0 Å². The minimum atomic E-state index is -3.35. The van der Waals surface area contributed by atoms with Gasteiger partial charge in [-0.2, -0.15) is 17.0 Å². The van der Waals surface area contributed by atoms with Crippen LogP contribution in [0, 0.1) is 13.8 Å². The fourth-order valence-corrected chi connectivity index (χ4v) is 6.03. The molecule has 2 aliphatic rings. The van der Waals surface area contributed by atoms with Crippen LogP contribution in [0.1, 0.15) is 48.6 Å². The summed E-state index contributed by atoms with van der Waals surface area (Å²) >= 11 is 0. The average molecular weight is 415 g/mol. The molecule has 2 fully saturated rings. The molecule has 0 aliphatic carbocycles. The number of nitrogens with zero attached hydrogens (tertiary/aromatic N) is 3. The predicted molar refractivity (Wildman–Crippen MR) is 117 cm³/mol. The van der Waals surface area contributed by atoms with Crippen LogP contribution in [0.3, 0.4) is 0 Å². The Hall–Kier alpha value is -1.96. The SMILES string of the molecule is Cc1ccc(Nc2cc(C)nc(C3CCCN(S(=O)(=O)N4CCCC4)C3)c2)cc1. The van der Waals surface area contributed by atoms with E-state index in [0.717, 1.165) is 48.4 Å². The number of pyridine rings is 1. The topological polar surface area (TPSA) is 65.5 Å². The highest BCUT2D eigenvalue weighted by atomic mass is 32.2. The molecule has 3 heterocycles. The van der Waals surface area contributed by atoms with Crippen LogP contribution in [-0.4, -0.2) is 48.2 Å². The molecule has 4 rings (SSSR count). The molecule has 1 aromatic carbocycles. The smallest absolute Gasteiger partial charge is 0.281 e. The quantitative estimate of drug-likeness (QED) is 0.804. The maximum atomic E-state index is 13.0. The molecular formula is C22H30N4O2S. The molecule has 0 amide bonds. The van der Waals surface area contributed by atoms with E-state index in [0.29, 0.717) is 26.2 Å². The fourth-order valence-electron chi connectivity index (χ4n) is 4.25. The maximum Gasteiger partial charge on any atom is 0.281 e. The predicted octanol–water partition coefficient (Wildman–Crippen LogP) is 3.96. The molecule has 7 heteroatoms. The lowest BCUT2D eigenvalue weighted by atomic mass is 9.95. The van der Waals surface area contributed by atoms with Crippen molar-refractivity contribution in [3.05, 3.63) is 53.3 Å². The number of rotatable bonds is 5. The Bertz CT molecular complexity index is 953. The molecule has 2 aromatic rings. The van der Waals surface area contributed by atoms with Gasteiger partial charge in [-0.15, -0.1) is 0 Å². The molecule has 0 spiro atoms. The van der Waals surface area contributed by atoms with Gasteiger partial charge in [0.2, 0.25) is 0 Å². The van der Waals surface area contributed by atoms with Crippen LogP contribution in [0.5, 0.6) is 0 Å². The van der Waals surface area contributed by atoms with E-state index < -0.39 is 10.2 Å². The number of hydrogen-bond donors (Lipinski definition) is 1. The Morgan fingerprint density at radius 3 is 2.34 bits per heavy atom. The molecule has 1 aromatic heterocycles. The molecule has 0 radical (unpaired) electrons. The zero-order chi connectivity index (χ0) is 20.4. The zero-order valence-corrected chi connectivity index (χ0v) is 18.1. The minimum absolute atomic E-state index is 0.125. The number of hydrogen-bond acceptors (Lipinski definition) is 4. The van der Waals surface area contributed by atoms with Crippen LogP contribution >= 0.6 is 0 Å². The van der Waals surface area contributed by atoms with Gasteiger partial charge in [-0.05, 0) is 63.8 Å². The zero-order valence-electron chi connectivity index (χ0n) is 17.3. The van der Waals surface area contributed by atoms with Crippen LogP contribution in [-0.2, 0) is 10.2 Å². The lowest BCUT2D eigenvalue weighted by Gasteiger charge is -2.34. The maximum absolute atomic E-state index is 13.0. The summed E-state index contributed by atoms with van der Waals surface area (Å²) in [5, 5.41) is 3.46. The Morgan fingerprint density at radius 2 is 1.62 bits per heavy atom. The van der Waals surface area contributed by atoms with Crippen molar-refractivity contribution >= 4 is 21.6 Å². The van der Waals surface area contributed by atoms with Crippen LogP contribution in [0.15, 0.2) is 36.4 Å². The molecule has 2 saturated heterocycles. The summed E-state index contributed by atoms with van der Waals surface area (Å²) in [6.45, 7) is 6.48. The first-order valence-corrected chi connectivity index (χ1v) is 11.9. The monoisotopic (exact) mass is 414 g/mol. The van der Waals surface area contributed by atoms with Crippen LogP contribution in [0.2, 0.25) is 0 Å². The van der Waals surface area contributed by atoms with Gasteiger partial charge in [0, 0.05) is 54.9 Å². The summed E-state index contributed by atoms with van der Waals surface area (Å²) in [5.74, 6) is 0.125. The summed E-state index contributed by atoms with van der Waals surface area (Å²) in [6.07, 6.45) is 3.76. The Morgan fingerprint density at radius 1 is 0.931 bits per heavy atom. The fraction of sp³-hybridized carbons (Fsp3) is 0.500. The molecule has 29 heavy (non-hydrogen) atoms. The molecule has 6 nitrogen and oxygen atoms in total. The molecule has 1 unspecified atom stereocenters. The summed E-state index contributed by atoms with van der Waals surface area (Å²) < 4.78 is 29.3. The van der Waals surface area contributed by atoms with Gasteiger partial charge in [-0.3, -0.25) is 4.98 Å². The number of nitrogens with one attached hydrogen (secondary N) is 1. The van der Waals surface area contributed by atoms with E-state index in [1.54, 1.807) is 8.61 Å². The molecule has 0 saturated carbocycles. The van der Waals surface area contributed by atoms with Gasteiger partial charge in [0.15, 0.2) is 0 Å². The number of benzene rings is 1. The highest BCUT2D eigenvalue weighted by Crippen LogP contribution is 2.31. The van der Waals surface area contributed by atoms with Crippen molar-refractivity contribution in [1.29, 1.82) is 0 Å². The van der Waals surface area contributed by atoms with Crippen molar-refractivity contribution < 1.29 is 8.42 Å². The molecule has 2 aliphatic heterocycles. The Labute approximate surface area is 174 Å². The first-order chi connectivity index (χ1) is 13.9. The third-order valence-electron chi connectivity index (χ3n) is 5.83. The lowest BCUT2D eigenvalue weighted by Crippen LogP contribution is -2.46. The van der Waals surface area contributed by atoms with E-state index in [1.165, 1.54) is 5.56 Å². The number of aryl methyl sites for hydroxylation is 2. The van der Waals surface area contributed by atoms with E-state index >= 15 is 0 Å². The van der Waals surface area contributed by atoms with Gasteiger partial charge < -0.3 is 5.32 Å². The van der Waals surface area contributed by atoms with Crippen LogP contribution in [0.4, 0.5) is 11.4 Å². The summed E-state index contributed by atoms with van der Waals surface area (Å²) in [6, 6.07) is 12.4. The normalized spacial score (nSPS) is 21.4. The van der Waals surface area contributed by atoms with Crippen molar-refractivity contribution in [2.45, 2.75) is 45.4 Å². The highest BCUT2D eigenvalue weighted by Gasteiger charge is 2.35. The van der Waals surface area contributed by atoms with Gasteiger partial charge >= 0.3 is 0 Å². The molecule has 1 N–H and O–H groups in total. The lowest BCUT2D eigenvalue weighted by molar-refractivity contribution is 0.290. The van der Waals surface area contributed by atoms with Crippen molar-refractivity contribution in [2.24, 2.45) is 0 Å². The summed E-state index contributed by atoms with van der Waals surface area (Å²) in [5.41, 5.74) is 5.17. The number of piperidine rings is 1. The molecular weight excluding hydrogens is 384 g/mol. The Balaban J connectivity index is 1.52. The third-order valence-corrected chi connectivity index (χ3v) is 7.84. The number of anilines is 2. The molecule has 156 valence electrons. The van der Waals surface area contributed by atoms with E-state index in [2.05, 4.69) is 42.6 Å². The van der Waals surface area contributed by atoms with Gasteiger partial charge in [0.05, 0.1) is 0 Å². The van der Waals surface area contributed by atoms with E-state index in [1.807, 2.05) is 13.0 Å². The molecule has 0 bridgehead atoms. The van der Waals surface area contributed by atoms with Gasteiger partial charge in [0.25, 0.3) is 10.2 Å². The highest BCUT2D eigenvalue weighted by molar-refractivity contribution is 7.86. The van der Waals surface area contributed by atoms with E-state index in [9.17, 15) is 8.42 Å². The minimum Gasteiger partial charge on any atom is -0.355 e. The molecule has 1 atom stereocenters. The first-order valence-electron chi connectivity index (χ1n) is 10.5. The van der Waals surface area contributed by atoms with E-state index in [-0.39, 0.29) is 5.92 Å². The van der Waals surface area contributed by atoms with Crippen molar-refractivity contribution in [3.8, 4) is 0 Å². The van der Waals surface area contributed by atoms with Crippen LogP contribution < -0.4 is 5.32 Å².